The summed E-state index contributed by atoms with van der Waals surface area (Å²) in [6.07, 6.45) is 10.9. The summed E-state index contributed by atoms with van der Waals surface area (Å²) in [5.41, 5.74) is 1.97. The molecule has 0 radical (unpaired) electrons. The SMILES string of the molecule is CSc1cnc(C)cn1.CSc1nccnc1C. The molecule has 18 heavy (non-hydrogen) atoms. The van der Waals surface area contributed by atoms with Crippen LogP contribution in [0.4, 0.5) is 0 Å². The summed E-state index contributed by atoms with van der Waals surface area (Å²) in [5.74, 6) is 0. The van der Waals surface area contributed by atoms with E-state index in [4.69, 9.17) is 0 Å². The van der Waals surface area contributed by atoms with Crippen molar-refractivity contribution in [3.05, 3.63) is 36.2 Å². The molecular formula is C12H16N4S2. The lowest BCUT2D eigenvalue weighted by atomic mass is 10.5. The van der Waals surface area contributed by atoms with Crippen molar-refractivity contribution in [2.45, 2.75) is 23.9 Å². The van der Waals surface area contributed by atoms with Crippen LogP contribution in [-0.2, 0) is 0 Å². The standard InChI is InChI=1S/2C6H8N2S/c1-5-3-8-6(9-2)4-7-5;1-5-6(9-2)8-4-3-7-5/h2*3-4H,1-2H3. The van der Waals surface area contributed by atoms with Gasteiger partial charge in [-0.3, -0.25) is 9.97 Å². The lowest BCUT2D eigenvalue weighted by molar-refractivity contribution is 0.989. The maximum Gasteiger partial charge on any atom is 0.117 e. The Balaban J connectivity index is 0.000000180. The fourth-order valence-corrected chi connectivity index (χ4v) is 1.91. The monoisotopic (exact) mass is 280 g/mol. The second-order valence-corrected chi connectivity index (χ2v) is 4.97. The number of aromatic nitrogens is 4. The molecule has 0 bridgehead atoms. The Morgan fingerprint density at radius 2 is 1.56 bits per heavy atom. The lowest BCUT2D eigenvalue weighted by Crippen LogP contribution is -1.86. The molecular weight excluding hydrogens is 264 g/mol. The third-order valence-electron chi connectivity index (χ3n) is 2.00. The van der Waals surface area contributed by atoms with Crippen molar-refractivity contribution in [3.8, 4) is 0 Å². The topological polar surface area (TPSA) is 51.6 Å². The molecule has 0 fully saturated rings. The van der Waals surface area contributed by atoms with Crippen molar-refractivity contribution in [3.63, 3.8) is 0 Å². The maximum absolute atomic E-state index is 4.10. The first-order valence-electron chi connectivity index (χ1n) is 5.31. The highest BCUT2D eigenvalue weighted by atomic mass is 32.2. The van der Waals surface area contributed by atoms with Crippen LogP contribution in [0, 0.1) is 13.8 Å². The van der Waals surface area contributed by atoms with Gasteiger partial charge in [0.15, 0.2) is 0 Å². The van der Waals surface area contributed by atoms with Crippen molar-refractivity contribution in [1.29, 1.82) is 0 Å². The molecule has 2 rings (SSSR count). The minimum absolute atomic E-state index is 0.966. The van der Waals surface area contributed by atoms with Crippen molar-refractivity contribution in [1.82, 2.24) is 19.9 Å². The zero-order valence-corrected chi connectivity index (χ0v) is 12.5. The van der Waals surface area contributed by atoms with E-state index in [1.807, 2.05) is 26.4 Å². The van der Waals surface area contributed by atoms with Crippen molar-refractivity contribution in [2.24, 2.45) is 0 Å². The summed E-state index contributed by atoms with van der Waals surface area (Å²) < 4.78 is 0. The third kappa shape index (κ3) is 5.01. The number of aryl methyl sites for hydroxylation is 2. The number of nitrogens with zero attached hydrogens (tertiary/aromatic N) is 4. The van der Waals surface area contributed by atoms with Gasteiger partial charge in [-0.1, -0.05) is 0 Å². The van der Waals surface area contributed by atoms with Gasteiger partial charge in [0.2, 0.25) is 0 Å². The van der Waals surface area contributed by atoms with Gasteiger partial charge in [-0.05, 0) is 26.4 Å². The molecule has 0 amide bonds. The van der Waals surface area contributed by atoms with E-state index < -0.39 is 0 Å². The van der Waals surface area contributed by atoms with Crippen LogP contribution in [0.15, 0.2) is 34.8 Å². The average molecular weight is 280 g/mol. The molecule has 2 aromatic rings. The van der Waals surface area contributed by atoms with Gasteiger partial charge in [0, 0.05) is 18.6 Å². The largest absolute Gasteiger partial charge is 0.257 e. The van der Waals surface area contributed by atoms with E-state index in [2.05, 4.69) is 19.9 Å². The van der Waals surface area contributed by atoms with Gasteiger partial charge >= 0.3 is 0 Å². The van der Waals surface area contributed by atoms with E-state index in [0.717, 1.165) is 21.4 Å². The Morgan fingerprint density at radius 3 is 2.00 bits per heavy atom. The van der Waals surface area contributed by atoms with E-state index in [0.29, 0.717) is 0 Å². The Hall–Kier alpha value is -1.14. The number of thioether (sulfide) groups is 2. The van der Waals surface area contributed by atoms with Gasteiger partial charge in [0.1, 0.15) is 10.1 Å². The van der Waals surface area contributed by atoms with Crippen molar-refractivity contribution in [2.75, 3.05) is 12.5 Å². The van der Waals surface area contributed by atoms with E-state index in [1.54, 1.807) is 48.3 Å². The van der Waals surface area contributed by atoms with Gasteiger partial charge in [-0.2, -0.15) is 0 Å². The molecule has 0 saturated carbocycles. The summed E-state index contributed by atoms with van der Waals surface area (Å²) >= 11 is 3.23. The first kappa shape index (κ1) is 14.9. The number of hydrogen-bond donors (Lipinski definition) is 0. The Morgan fingerprint density at radius 1 is 0.833 bits per heavy atom. The highest BCUT2D eigenvalue weighted by molar-refractivity contribution is 7.98. The number of rotatable bonds is 2. The fraction of sp³-hybridized carbons (Fsp3) is 0.333. The molecule has 2 heterocycles. The van der Waals surface area contributed by atoms with Crippen LogP contribution < -0.4 is 0 Å². The Labute approximate surface area is 116 Å². The molecule has 0 spiro atoms. The quantitative estimate of drug-likeness (QED) is 0.788. The Kier molecular flexibility index (Phi) is 6.67. The minimum Gasteiger partial charge on any atom is -0.257 e. The van der Waals surface area contributed by atoms with Crippen LogP contribution in [0.3, 0.4) is 0 Å². The average Bonchev–Trinajstić information content (AvgIpc) is 2.41. The highest BCUT2D eigenvalue weighted by Crippen LogP contribution is 2.12. The summed E-state index contributed by atoms with van der Waals surface area (Å²) in [5, 5.41) is 1.98. The van der Waals surface area contributed by atoms with E-state index >= 15 is 0 Å². The molecule has 0 aliphatic rings. The summed E-state index contributed by atoms with van der Waals surface area (Å²) in [4.78, 5) is 16.3. The van der Waals surface area contributed by atoms with Gasteiger partial charge in [0.05, 0.1) is 17.6 Å². The summed E-state index contributed by atoms with van der Waals surface area (Å²) in [6.45, 7) is 3.88. The predicted molar refractivity (Wildman–Crippen MR) is 77.1 cm³/mol. The smallest absolute Gasteiger partial charge is 0.117 e. The molecule has 2 aromatic heterocycles. The molecule has 0 aromatic carbocycles. The third-order valence-corrected chi connectivity index (χ3v) is 3.41. The zero-order chi connectivity index (χ0) is 13.4. The molecule has 96 valence electrons. The van der Waals surface area contributed by atoms with Gasteiger partial charge in [-0.25, -0.2) is 9.97 Å². The van der Waals surface area contributed by atoms with Crippen LogP contribution >= 0.6 is 23.5 Å². The molecule has 0 aliphatic carbocycles. The second kappa shape index (κ2) is 8.05. The predicted octanol–water partition coefficient (Wildman–Crippen LogP) is 3.01. The molecule has 0 atom stereocenters. The maximum atomic E-state index is 4.10. The Bertz CT molecular complexity index is 474. The number of hydrogen-bond acceptors (Lipinski definition) is 6. The van der Waals surface area contributed by atoms with E-state index in [1.165, 1.54) is 0 Å². The summed E-state index contributed by atoms with van der Waals surface area (Å²) in [6, 6.07) is 0. The van der Waals surface area contributed by atoms with Gasteiger partial charge in [-0.15, -0.1) is 23.5 Å². The first-order chi connectivity index (χ1) is 8.67. The van der Waals surface area contributed by atoms with Gasteiger partial charge < -0.3 is 0 Å². The molecule has 0 N–H and O–H groups in total. The normalized spacial score (nSPS) is 9.56. The van der Waals surface area contributed by atoms with Crippen LogP contribution in [0.25, 0.3) is 0 Å². The van der Waals surface area contributed by atoms with Crippen molar-refractivity contribution >= 4 is 23.5 Å². The van der Waals surface area contributed by atoms with Crippen LogP contribution in [0.5, 0.6) is 0 Å². The summed E-state index contributed by atoms with van der Waals surface area (Å²) in [7, 11) is 0. The highest BCUT2D eigenvalue weighted by Gasteiger charge is 1.93. The fourth-order valence-electron chi connectivity index (χ4n) is 1.08. The van der Waals surface area contributed by atoms with E-state index in [9.17, 15) is 0 Å². The van der Waals surface area contributed by atoms with Gasteiger partial charge in [0.25, 0.3) is 0 Å². The lowest BCUT2D eigenvalue weighted by Gasteiger charge is -1.95. The molecule has 0 saturated heterocycles. The molecule has 4 nitrogen and oxygen atoms in total. The minimum atomic E-state index is 0.966. The van der Waals surface area contributed by atoms with E-state index in [-0.39, 0.29) is 0 Å². The first-order valence-corrected chi connectivity index (χ1v) is 7.76. The second-order valence-electron chi connectivity index (χ2n) is 3.35. The van der Waals surface area contributed by atoms with Crippen molar-refractivity contribution < 1.29 is 0 Å². The van der Waals surface area contributed by atoms with Crippen LogP contribution in [0.1, 0.15) is 11.4 Å². The molecule has 0 aliphatic heterocycles. The molecule has 6 heteroatoms. The molecule has 0 unspecified atom stereocenters. The van der Waals surface area contributed by atoms with Crippen LogP contribution in [0.2, 0.25) is 0 Å². The van der Waals surface area contributed by atoms with Crippen LogP contribution in [-0.4, -0.2) is 32.4 Å². The zero-order valence-electron chi connectivity index (χ0n) is 10.9.